The monoisotopic (exact) mass is 363 g/mol. The van der Waals surface area contributed by atoms with Gasteiger partial charge in [0, 0.05) is 23.7 Å². The van der Waals surface area contributed by atoms with Gasteiger partial charge in [0.15, 0.2) is 11.5 Å². The number of nitrogen functional groups attached to an aromatic ring is 1. The number of nitrogens with one attached hydrogen (secondary N) is 4. The van der Waals surface area contributed by atoms with E-state index in [0.29, 0.717) is 17.8 Å². The Labute approximate surface area is 155 Å². The molecule has 1 saturated heterocycles. The summed E-state index contributed by atoms with van der Waals surface area (Å²) in [6, 6.07) is 12.2. The average Bonchev–Trinajstić information content (AvgIpc) is 3.26. The standard InChI is InChI=1S/C18H21N9/c19-17-13-7-6-11(9-14(13)24-25-17)22-18-23-16-5-1-4-15(27(16)26-18)21-12-3-2-8-20-10-12/h1,4-7,9,12,20-21H,2-3,8,10H2,(H,22,26)(H3,19,24,25)/t12-/m0/s1. The second kappa shape index (κ2) is 6.44. The number of nitrogens with two attached hydrogens (primary N) is 1. The number of nitrogens with zero attached hydrogens (tertiary/aromatic N) is 4. The van der Waals surface area contributed by atoms with Crippen LogP contribution in [0.15, 0.2) is 36.4 Å². The summed E-state index contributed by atoms with van der Waals surface area (Å²) in [6.45, 7) is 2.05. The summed E-state index contributed by atoms with van der Waals surface area (Å²) in [5, 5.41) is 22.7. The van der Waals surface area contributed by atoms with Gasteiger partial charge in [-0.05, 0) is 49.7 Å². The molecule has 0 amide bonds. The molecule has 1 atom stereocenters. The molecule has 0 aliphatic carbocycles. The third kappa shape index (κ3) is 3.02. The number of benzene rings is 1. The van der Waals surface area contributed by atoms with Gasteiger partial charge in [0.2, 0.25) is 5.95 Å². The van der Waals surface area contributed by atoms with E-state index in [1.54, 1.807) is 0 Å². The molecule has 27 heavy (non-hydrogen) atoms. The third-order valence-electron chi connectivity index (χ3n) is 4.86. The lowest BCUT2D eigenvalue weighted by atomic mass is 10.1. The van der Waals surface area contributed by atoms with E-state index < -0.39 is 0 Å². The zero-order valence-electron chi connectivity index (χ0n) is 14.7. The number of pyridine rings is 1. The van der Waals surface area contributed by atoms with E-state index >= 15 is 0 Å². The zero-order valence-corrected chi connectivity index (χ0v) is 14.7. The first-order chi connectivity index (χ1) is 13.3. The van der Waals surface area contributed by atoms with Gasteiger partial charge in [0.25, 0.3) is 0 Å². The smallest absolute Gasteiger partial charge is 0.247 e. The van der Waals surface area contributed by atoms with Gasteiger partial charge in [-0.3, -0.25) is 5.10 Å². The van der Waals surface area contributed by atoms with Gasteiger partial charge < -0.3 is 21.7 Å². The van der Waals surface area contributed by atoms with Crippen molar-refractivity contribution in [3.8, 4) is 0 Å². The van der Waals surface area contributed by atoms with Crippen molar-refractivity contribution in [2.24, 2.45) is 0 Å². The second-order valence-electron chi connectivity index (χ2n) is 6.80. The van der Waals surface area contributed by atoms with Crippen molar-refractivity contribution in [3.05, 3.63) is 36.4 Å². The van der Waals surface area contributed by atoms with Crippen molar-refractivity contribution in [2.75, 3.05) is 29.5 Å². The van der Waals surface area contributed by atoms with Gasteiger partial charge in [-0.1, -0.05) is 6.07 Å². The van der Waals surface area contributed by atoms with Crippen LogP contribution in [0.3, 0.4) is 0 Å². The van der Waals surface area contributed by atoms with Crippen LogP contribution in [-0.2, 0) is 0 Å². The van der Waals surface area contributed by atoms with E-state index in [4.69, 9.17) is 5.73 Å². The molecular formula is C18H21N9. The topological polar surface area (TPSA) is 121 Å². The molecule has 5 rings (SSSR count). The van der Waals surface area contributed by atoms with Crippen LogP contribution in [0.25, 0.3) is 16.6 Å². The van der Waals surface area contributed by atoms with Crippen molar-refractivity contribution in [1.82, 2.24) is 30.1 Å². The predicted octanol–water partition coefficient (Wildman–Crippen LogP) is 2.10. The highest BCUT2D eigenvalue weighted by molar-refractivity contribution is 5.91. The molecule has 1 fully saturated rings. The lowest BCUT2D eigenvalue weighted by Crippen LogP contribution is -2.38. The first-order valence-electron chi connectivity index (χ1n) is 9.10. The maximum absolute atomic E-state index is 5.82. The van der Waals surface area contributed by atoms with Crippen LogP contribution in [0.5, 0.6) is 0 Å². The van der Waals surface area contributed by atoms with Crippen LogP contribution in [-0.4, -0.2) is 43.9 Å². The Balaban J connectivity index is 1.42. The van der Waals surface area contributed by atoms with Crippen molar-refractivity contribution < 1.29 is 0 Å². The van der Waals surface area contributed by atoms with Crippen LogP contribution in [0.2, 0.25) is 0 Å². The lowest BCUT2D eigenvalue weighted by molar-refractivity contribution is 0.478. The normalized spacial score (nSPS) is 17.4. The maximum Gasteiger partial charge on any atom is 0.247 e. The highest BCUT2D eigenvalue weighted by Gasteiger charge is 2.15. The Kier molecular flexibility index (Phi) is 3.79. The molecule has 138 valence electrons. The molecule has 1 aliphatic rings. The number of hydrogen-bond donors (Lipinski definition) is 5. The molecule has 9 nitrogen and oxygen atoms in total. The number of fused-ring (bicyclic) bond motifs is 2. The molecule has 0 radical (unpaired) electrons. The number of H-pyrrole nitrogens is 1. The molecule has 0 unspecified atom stereocenters. The minimum Gasteiger partial charge on any atom is -0.382 e. The van der Waals surface area contributed by atoms with Gasteiger partial charge in [0.1, 0.15) is 5.82 Å². The average molecular weight is 363 g/mol. The Hall–Kier alpha value is -3.33. The minimum absolute atomic E-state index is 0.401. The SMILES string of the molecule is Nc1n[nH]c2cc(Nc3nc4cccc(N[C@H]5CCCNC5)n4n3)ccc12. The van der Waals surface area contributed by atoms with Gasteiger partial charge in [-0.2, -0.15) is 14.6 Å². The summed E-state index contributed by atoms with van der Waals surface area (Å²) in [5.74, 6) is 1.98. The second-order valence-corrected chi connectivity index (χ2v) is 6.80. The molecule has 9 heteroatoms. The summed E-state index contributed by atoms with van der Waals surface area (Å²) >= 11 is 0. The summed E-state index contributed by atoms with van der Waals surface area (Å²) in [5.41, 5.74) is 8.35. The van der Waals surface area contributed by atoms with E-state index in [0.717, 1.165) is 47.6 Å². The molecule has 1 aliphatic heterocycles. The van der Waals surface area contributed by atoms with Gasteiger partial charge in [-0.15, -0.1) is 5.10 Å². The highest BCUT2D eigenvalue weighted by atomic mass is 15.4. The largest absolute Gasteiger partial charge is 0.382 e. The van der Waals surface area contributed by atoms with E-state index in [1.807, 2.05) is 40.9 Å². The summed E-state index contributed by atoms with van der Waals surface area (Å²) in [6.07, 6.45) is 2.33. The van der Waals surface area contributed by atoms with Crippen LogP contribution in [0, 0.1) is 0 Å². The number of rotatable bonds is 4. The zero-order chi connectivity index (χ0) is 18.2. The number of aromatic amines is 1. The van der Waals surface area contributed by atoms with Crippen LogP contribution < -0.4 is 21.7 Å². The summed E-state index contributed by atoms with van der Waals surface area (Å²) in [7, 11) is 0. The molecule has 3 aromatic heterocycles. The maximum atomic E-state index is 5.82. The van der Waals surface area contributed by atoms with E-state index in [1.165, 1.54) is 6.42 Å². The van der Waals surface area contributed by atoms with Crippen LogP contribution in [0.1, 0.15) is 12.8 Å². The summed E-state index contributed by atoms with van der Waals surface area (Å²) in [4.78, 5) is 4.58. The highest BCUT2D eigenvalue weighted by Crippen LogP contribution is 2.24. The Morgan fingerprint density at radius 2 is 2.19 bits per heavy atom. The molecule has 6 N–H and O–H groups in total. The van der Waals surface area contributed by atoms with Crippen LogP contribution in [0.4, 0.5) is 23.3 Å². The molecule has 1 aromatic carbocycles. The van der Waals surface area contributed by atoms with Crippen molar-refractivity contribution in [1.29, 1.82) is 0 Å². The van der Waals surface area contributed by atoms with Gasteiger partial charge in [0.05, 0.1) is 5.52 Å². The van der Waals surface area contributed by atoms with Crippen LogP contribution >= 0.6 is 0 Å². The van der Waals surface area contributed by atoms with E-state index in [9.17, 15) is 0 Å². The fourth-order valence-electron chi connectivity index (χ4n) is 3.50. The number of piperidine rings is 1. The minimum atomic E-state index is 0.401. The molecule has 0 saturated carbocycles. The fourth-order valence-corrected chi connectivity index (χ4v) is 3.50. The predicted molar refractivity (Wildman–Crippen MR) is 106 cm³/mol. The molecule has 4 aromatic rings. The molecular weight excluding hydrogens is 342 g/mol. The number of anilines is 4. The van der Waals surface area contributed by atoms with Gasteiger partial charge >= 0.3 is 0 Å². The van der Waals surface area contributed by atoms with E-state index in [2.05, 4.69) is 36.2 Å². The number of hydrogen-bond acceptors (Lipinski definition) is 7. The Bertz CT molecular complexity index is 1090. The van der Waals surface area contributed by atoms with Gasteiger partial charge in [-0.25, -0.2) is 0 Å². The number of aromatic nitrogens is 5. The first-order valence-corrected chi connectivity index (χ1v) is 9.10. The van der Waals surface area contributed by atoms with E-state index in [-0.39, 0.29) is 0 Å². The first kappa shape index (κ1) is 15.9. The quantitative estimate of drug-likeness (QED) is 0.376. The van der Waals surface area contributed by atoms with Crippen molar-refractivity contribution in [2.45, 2.75) is 18.9 Å². The Morgan fingerprint density at radius 3 is 3.07 bits per heavy atom. The fraction of sp³-hybridized carbons (Fsp3) is 0.278. The van der Waals surface area contributed by atoms with Crippen molar-refractivity contribution >= 4 is 39.8 Å². The third-order valence-corrected chi connectivity index (χ3v) is 4.86. The lowest BCUT2D eigenvalue weighted by Gasteiger charge is -2.24. The Morgan fingerprint density at radius 1 is 1.22 bits per heavy atom. The molecule has 0 spiro atoms. The van der Waals surface area contributed by atoms with Crippen molar-refractivity contribution in [3.63, 3.8) is 0 Å². The summed E-state index contributed by atoms with van der Waals surface area (Å²) < 4.78 is 1.84. The molecule has 0 bridgehead atoms. The molecule has 4 heterocycles.